The molecule has 0 fully saturated rings. The summed E-state index contributed by atoms with van der Waals surface area (Å²) in [4.78, 5) is 4.06. The van der Waals surface area contributed by atoms with Crippen LogP contribution in [0.25, 0.3) is 22.2 Å². The summed E-state index contributed by atoms with van der Waals surface area (Å²) in [5.41, 5.74) is 13.6. The van der Waals surface area contributed by atoms with Crippen LogP contribution in [0.3, 0.4) is 0 Å². The van der Waals surface area contributed by atoms with Gasteiger partial charge in [-0.2, -0.15) is 4.98 Å². The zero-order chi connectivity index (χ0) is 13.4. The third-order valence-electron chi connectivity index (χ3n) is 2.87. The highest BCUT2D eigenvalue weighted by molar-refractivity contribution is 6.00. The molecule has 0 aliphatic carbocycles. The lowest BCUT2D eigenvalue weighted by atomic mass is 10.0. The Labute approximate surface area is 109 Å². The first kappa shape index (κ1) is 11.3. The van der Waals surface area contributed by atoms with Gasteiger partial charge in [0, 0.05) is 5.56 Å². The number of benzene rings is 1. The van der Waals surface area contributed by atoms with E-state index in [0.717, 1.165) is 16.9 Å². The molecular formula is C13H12N4O2. The molecule has 96 valence electrons. The highest BCUT2D eigenvalue weighted by atomic mass is 16.5. The summed E-state index contributed by atoms with van der Waals surface area (Å²) in [7, 11) is 1.61. The highest BCUT2D eigenvalue weighted by Crippen LogP contribution is 2.34. The van der Waals surface area contributed by atoms with Crippen LogP contribution in [0.4, 0.5) is 11.6 Å². The van der Waals surface area contributed by atoms with Gasteiger partial charge in [-0.1, -0.05) is 17.3 Å². The maximum Gasteiger partial charge on any atom is 0.262 e. The van der Waals surface area contributed by atoms with Gasteiger partial charge in [0.2, 0.25) is 0 Å². The molecule has 3 rings (SSSR count). The molecule has 0 aliphatic heterocycles. The molecule has 3 aromatic rings. The standard InChI is InChI=1S/C13H12N4O2/c1-18-8-4-2-3-7(5-8)9-6-10(14)16-13-11(9)12(15)17-19-13/h2-6H,1H3,(H2,14,16)(H2,15,17). The molecule has 0 amide bonds. The number of nitrogen functional groups attached to an aromatic ring is 2. The zero-order valence-electron chi connectivity index (χ0n) is 10.3. The second kappa shape index (κ2) is 4.16. The summed E-state index contributed by atoms with van der Waals surface area (Å²) in [6, 6.07) is 9.32. The van der Waals surface area contributed by atoms with Gasteiger partial charge in [-0.15, -0.1) is 0 Å². The van der Waals surface area contributed by atoms with Crippen LogP contribution in [0.2, 0.25) is 0 Å². The summed E-state index contributed by atoms with van der Waals surface area (Å²) in [6.45, 7) is 0. The Kier molecular flexibility index (Phi) is 2.49. The Morgan fingerprint density at radius 2 is 2.05 bits per heavy atom. The lowest BCUT2D eigenvalue weighted by Gasteiger charge is -2.06. The van der Waals surface area contributed by atoms with Crippen molar-refractivity contribution < 1.29 is 9.26 Å². The van der Waals surface area contributed by atoms with Crippen molar-refractivity contribution in [2.24, 2.45) is 0 Å². The number of aromatic nitrogens is 2. The number of ether oxygens (including phenoxy) is 1. The fourth-order valence-electron chi connectivity index (χ4n) is 2.01. The van der Waals surface area contributed by atoms with Gasteiger partial charge in [0.05, 0.1) is 12.5 Å². The topological polar surface area (TPSA) is 100 Å². The maximum absolute atomic E-state index is 5.82. The highest BCUT2D eigenvalue weighted by Gasteiger charge is 2.14. The van der Waals surface area contributed by atoms with Crippen LogP contribution in [0.5, 0.6) is 5.75 Å². The monoisotopic (exact) mass is 256 g/mol. The Morgan fingerprint density at radius 3 is 2.84 bits per heavy atom. The second-order valence-electron chi connectivity index (χ2n) is 4.07. The number of nitrogens with zero attached hydrogens (tertiary/aromatic N) is 2. The SMILES string of the molecule is COc1cccc(-c2cc(N)nc3onc(N)c23)c1. The van der Waals surface area contributed by atoms with E-state index in [1.807, 2.05) is 24.3 Å². The van der Waals surface area contributed by atoms with Crippen LogP contribution in [-0.2, 0) is 0 Å². The van der Waals surface area contributed by atoms with Crippen LogP contribution in [0, 0.1) is 0 Å². The van der Waals surface area contributed by atoms with E-state index in [0.29, 0.717) is 22.7 Å². The van der Waals surface area contributed by atoms with Gasteiger partial charge in [-0.05, 0) is 23.8 Å². The number of pyridine rings is 1. The van der Waals surface area contributed by atoms with Gasteiger partial charge in [0.25, 0.3) is 5.71 Å². The van der Waals surface area contributed by atoms with E-state index in [-0.39, 0.29) is 0 Å². The van der Waals surface area contributed by atoms with E-state index >= 15 is 0 Å². The van der Waals surface area contributed by atoms with E-state index < -0.39 is 0 Å². The van der Waals surface area contributed by atoms with Gasteiger partial charge < -0.3 is 20.7 Å². The van der Waals surface area contributed by atoms with Crippen molar-refractivity contribution in [3.63, 3.8) is 0 Å². The molecule has 0 radical (unpaired) electrons. The van der Waals surface area contributed by atoms with Gasteiger partial charge >= 0.3 is 0 Å². The largest absolute Gasteiger partial charge is 0.497 e. The molecule has 2 heterocycles. The van der Waals surface area contributed by atoms with Crippen molar-refractivity contribution in [2.75, 3.05) is 18.6 Å². The molecule has 0 unspecified atom stereocenters. The van der Waals surface area contributed by atoms with Crippen LogP contribution >= 0.6 is 0 Å². The summed E-state index contributed by atoms with van der Waals surface area (Å²) >= 11 is 0. The molecule has 6 heteroatoms. The van der Waals surface area contributed by atoms with Crippen molar-refractivity contribution in [2.45, 2.75) is 0 Å². The zero-order valence-corrected chi connectivity index (χ0v) is 10.3. The lowest BCUT2D eigenvalue weighted by Crippen LogP contribution is -1.93. The van der Waals surface area contributed by atoms with Gasteiger partial charge in [-0.3, -0.25) is 0 Å². The molecule has 19 heavy (non-hydrogen) atoms. The molecule has 6 nitrogen and oxygen atoms in total. The van der Waals surface area contributed by atoms with E-state index in [1.165, 1.54) is 0 Å². The number of rotatable bonds is 2. The fourth-order valence-corrected chi connectivity index (χ4v) is 2.01. The first-order chi connectivity index (χ1) is 9.19. The van der Waals surface area contributed by atoms with E-state index in [1.54, 1.807) is 13.2 Å². The van der Waals surface area contributed by atoms with Gasteiger partial charge in [-0.25, -0.2) is 0 Å². The molecule has 0 atom stereocenters. The Bertz CT molecular complexity index is 751. The first-order valence-corrected chi connectivity index (χ1v) is 5.65. The number of anilines is 2. The summed E-state index contributed by atoms with van der Waals surface area (Å²) in [5, 5.41) is 4.37. The molecule has 0 bridgehead atoms. The van der Waals surface area contributed by atoms with Crippen molar-refractivity contribution in [1.29, 1.82) is 0 Å². The van der Waals surface area contributed by atoms with E-state index in [2.05, 4.69) is 10.1 Å². The minimum absolute atomic E-state index is 0.292. The molecule has 0 saturated carbocycles. The van der Waals surface area contributed by atoms with Crippen LogP contribution in [0.1, 0.15) is 0 Å². The summed E-state index contributed by atoms with van der Waals surface area (Å²) < 4.78 is 10.3. The van der Waals surface area contributed by atoms with Crippen LogP contribution in [-0.4, -0.2) is 17.3 Å². The molecule has 4 N–H and O–H groups in total. The predicted molar refractivity (Wildman–Crippen MR) is 72.6 cm³/mol. The van der Waals surface area contributed by atoms with Crippen molar-refractivity contribution in [3.8, 4) is 16.9 Å². The van der Waals surface area contributed by atoms with Crippen molar-refractivity contribution >= 4 is 22.7 Å². The quantitative estimate of drug-likeness (QED) is 0.727. The predicted octanol–water partition coefficient (Wildman–Crippen LogP) is 2.06. The van der Waals surface area contributed by atoms with Crippen molar-refractivity contribution in [1.82, 2.24) is 10.1 Å². The Balaban J connectivity index is 2.31. The van der Waals surface area contributed by atoms with E-state index in [9.17, 15) is 0 Å². The number of hydrogen-bond acceptors (Lipinski definition) is 6. The van der Waals surface area contributed by atoms with E-state index in [4.69, 9.17) is 20.7 Å². The third-order valence-corrected chi connectivity index (χ3v) is 2.87. The Hall–Kier alpha value is -2.76. The third kappa shape index (κ3) is 1.83. The lowest BCUT2D eigenvalue weighted by molar-refractivity contribution is 0.415. The van der Waals surface area contributed by atoms with Crippen molar-refractivity contribution in [3.05, 3.63) is 30.3 Å². The average molecular weight is 256 g/mol. The second-order valence-corrected chi connectivity index (χ2v) is 4.07. The summed E-state index contributed by atoms with van der Waals surface area (Å²) in [6.07, 6.45) is 0. The average Bonchev–Trinajstić information content (AvgIpc) is 2.79. The van der Waals surface area contributed by atoms with Crippen LogP contribution in [0.15, 0.2) is 34.9 Å². The number of fused-ring (bicyclic) bond motifs is 1. The minimum atomic E-state index is 0.292. The smallest absolute Gasteiger partial charge is 0.262 e. The molecule has 0 aliphatic rings. The number of hydrogen-bond donors (Lipinski definition) is 2. The molecule has 1 aromatic carbocycles. The summed E-state index contributed by atoms with van der Waals surface area (Å²) in [5.74, 6) is 1.39. The number of nitrogens with two attached hydrogens (primary N) is 2. The minimum Gasteiger partial charge on any atom is -0.497 e. The van der Waals surface area contributed by atoms with Crippen LogP contribution < -0.4 is 16.2 Å². The molecular weight excluding hydrogens is 244 g/mol. The molecule has 0 saturated heterocycles. The van der Waals surface area contributed by atoms with Gasteiger partial charge in [0.1, 0.15) is 11.6 Å². The normalized spacial score (nSPS) is 10.8. The molecule has 0 spiro atoms. The molecule has 2 aromatic heterocycles. The van der Waals surface area contributed by atoms with Gasteiger partial charge in [0.15, 0.2) is 5.82 Å². The first-order valence-electron chi connectivity index (χ1n) is 5.65. The number of methoxy groups -OCH3 is 1. The Morgan fingerprint density at radius 1 is 1.21 bits per heavy atom. The fraction of sp³-hybridized carbons (Fsp3) is 0.0769. The maximum atomic E-state index is 5.82.